The van der Waals surface area contributed by atoms with Crippen LogP contribution in [0.1, 0.15) is 17.8 Å². The van der Waals surface area contributed by atoms with E-state index >= 15 is 0 Å². The first-order chi connectivity index (χ1) is 9.63. The van der Waals surface area contributed by atoms with Crippen molar-refractivity contribution in [3.63, 3.8) is 0 Å². The predicted octanol–water partition coefficient (Wildman–Crippen LogP) is 2.94. The molecule has 1 amide bonds. The summed E-state index contributed by atoms with van der Waals surface area (Å²) >= 11 is 3.21. The van der Waals surface area contributed by atoms with E-state index in [9.17, 15) is 4.79 Å². The highest BCUT2D eigenvalue weighted by Crippen LogP contribution is 2.22. The molecule has 0 aliphatic heterocycles. The number of hydrogen-bond donors (Lipinski definition) is 2. The van der Waals surface area contributed by atoms with E-state index in [0.717, 1.165) is 27.2 Å². The van der Waals surface area contributed by atoms with Crippen molar-refractivity contribution in [3.05, 3.63) is 29.3 Å². The van der Waals surface area contributed by atoms with Crippen LogP contribution < -0.4 is 11.1 Å². The number of rotatable bonds is 6. The number of thioether (sulfide) groups is 1. The monoisotopic (exact) mass is 308 g/mol. The van der Waals surface area contributed by atoms with Gasteiger partial charge in [-0.05, 0) is 31.5 Å². The summed E-state index contributed by atoms with van der Waals surface area (Å²) in [6.07, 6.45) is 1.29. The number of nitrogens with one attached hydrogen (secondary N) is 1. The maximum atomic E-state index is 11.8. The van der Waals surface area contributed by atoms with Crippen LogP contribution in [0.2, 0.25) is 0 Å². The number of anilines is 2. The number of nitrogen functional groups attached to an aromatic ring is 1. The molecule has 2 rings (SSSR count). The van der Waals surface area contributed by atoms with E-state index in [1.165, 1.54) is 0 Å². The molecule has 0 saturated heterocycles. The molecule has 5 nitrogen and oxygen atoms in total. The highest BCUT2D eigenvalue weighted by molar-refractivity contribution is 8.01. The Balaban J connectivity index is 1.67. The van der Waals surface area contributed by atoms with Gasteiger partial charge < -0.3 is 11.1 Å². The Labute approximate surface area is 126 Å². The number of benzene rings is 1. The molecule has 0 bridgehead atoms. The number of nitrogens with two attached hydrogens (primary N) is 1. The molecule has 20 heavy (non-hydrogen) atoms. The molecule has 0 saturated carbocycles. The van der Waals surface area contributed by atoms with Gasteiger partial charge in [0, 0.05) is 23.5 Å². The first-order valence-electron chi connectivity index (χ1n) is 6.22. The largest absolute Gasteiger partial charge is 0.399 e. The van der Waals surface area contributed by atoms with E-state index in [0.29, 0.717) is 12.1 Å². The summed E-state index contributed by atoms with van der Waals surface area (Å²) in [6, 6.07) is 7.18. The molecule has 1 aromatic carbocycles. The van der Waals surface area contributed by atoms with Gasteiger partial charge in [-0.25, -0.2) is 0 Å². The number of nitrogens with zero attached hydrogens (tertiary/aromatic N) is 2. The van der Waals surface area contributed by atoms with Crippen molar-refractivity contribution in [1.29, 1.82) is 0 Å². The van der Waals surface area contributed by atoms with Gasteiger partial charge in [-0.3, -0.25) is 4.79 Å². The fourth-order valence-corrected chi connectivity index (χ4v) is 3.39. The second kappa shape index (κ2) is 7.25. The third-order valence-electron chi connectivity index (χ3n) is 2.45. The average Bonchev–Trinajstić information content (AvgIpc) is 2.80. The third-order valence-corrected chi connectivity index (χ3v) is 4.51. The van der Waals surface area contributed by atoms with Gasteiger partial charge in [0.05, 0.1) is 0 Å². The molecule has 0 atom stereocenters. The Bertz CT molecular complexity index is 585. The van der Waals surface area contributed by atoms with Crippen LogP contribution in [0, 0.1) is 6.92 Å². The standard InChI is InChI=1S/C13H16N4OS2/c1-9-16-17-13(20-9)19-7-3-6-12(18)15-11-5-2-4-10(14)8-11/h2,4-5,8H,3,6-7,14H2,1H3,(H,15,18). The smallest absolute Gasteiger partial charge is 0.224 e. The van der Waals surface area contributed by atoms with Gasteiger partial charge in [-0.2, -0.15) is 0 Å². The van der Waals surface area contributed by atoms with Crippen LogP contribution in [-0.2, 0) is 4.79 Å². The van der Waals surface area contributed by atoms with Gasteiger partial charge in [0.1, 0.15) is 5.01 Å². The summed E-state index contributed by atoms with van der Waals surface area (Å²) in [4.78, 5) is 11.8. The quantitative estimate of drug-likeness (QED) is 0.487. The zero-order valence-corrected chi connectivity index (χ0v) is 12.8. The lowest BCUT2D eigenvalue weighted by atomic mass is 10.2. The van der Waals surface area contributed by atoms with Crippen molar-refractivity contribution in [1.82, 2.24) is 10.2 Å². The summed E-state index contributed by atoms with van der Waals surface area (Å²) in [5, 5.41) is 11.8. The Morgan fingerprint density at radius 3 is 3.00 bits per heavy atom. The number of aryl methyl sites for hydroxylation is 1. The molecule has 106 valence electrons. The molecule has 0 aliphatic rings. The van der Waals surface area contributed by atoms with Gasteiger partial charge in [0.2, 0.25) is 5.91 Å². The highest BCUT2D eigenvalue weighted by atomic mass is 32.2. The molecule has 0 fully saturated rings. The summed E-state index contributed by atoms with van der Waals surface area (Å²) in [5.74, 6) is 0.864. The third kappa shape index (κ3) is 4.82. The summed E-state index contributed by atoms with van der Waals surface area (Å²) in [5.41, 5.74) is 7.04. The van der Waals surface area contributed by atoms with E-state index in [2.05, 4.69) is 15.5 Å². The average molecular weight is 308 g/mol. The van der Waals surface area contributed by atoms with Crippen LogP contribution in [0.3, 0.4) is 0 Å². The molecule has 2 aromatic rings. The van der Waals surface area contributed by atoms with Crippen molar-refractivity contribution in [2.75, 3.05) is 16.8 Å². The van der Waals surface area contributed by atoms with Crippen molar-refractivity contribution < 1.29 is 4.79 Å². The van der Waals surface area contributed by atoms with Gasteiger partial charge in [0.15, 0.2) is 4.34 Å². The van der Waals surface area contributed by atoms with Crippen molar-refractivity contribution >= 4 is 40.4 Å². The van der Waals surface area contributed by atoms with E-state index in [4.69, 9.17) is 5.73 Å². The summed E-state index contributed by atoms with van der Waals surface area (Å²) < 4.78 is 0.957. The minimum Gasteiger partial charge on any atom is -0.399 e. The molecule has 1 aromatic heterocycles. The van der Waals surface area contributed by atoms with Gasteiger partial charge in [-0.1, -0.05) is 29.2 Å². The zero-order valence-electron chi connectivity index (χ0n) is 11.1. The molecular formula is C13H16N4OS2. The van der Waals surface area contributed by atoms with Crippen LogP contribution in [-0.4, -0.2) is 21.9 Å². The zero-order chi connectivity index (χ0) is 14.4. The number of carbonyl (C=O) groups is 1. The minimum atomic E-state index is 0.00430. The predicted molar refractivity (Wildman–Crippen MR) is 84.1 cm³/mol. The van der Waals surface area contributed by atoms with E-state index in [1.54, 1.807) is 35.2 Å². The molecule has 0 radical (unpaired) electrons. The Hall–Kier alpha value is -1.60. The fraction of sp³-hybridized carbons (Fsp3) is 0.308. The molecule has 0 unspecified atom stereocenters. The first kappa shape index (κ1) is 14.8. The minimum absolute atomic E-state index is 0.00430. The SMILES string of the molecule is Cc1nnc(SCCCC(=O)Nc2cccc(N)c2)s1. The Morgan fingerprint density at radius 2 is 2.30 bits per heavy atom. The van der Waals surface area contributed by atoms with Crippen LogP contribution in [0.25, 0.3) is 0 Å². The maximum absolute atomic E-state index is 11.8. The van der Waals surface area contributed by atoms with Gasteiger partial charge in [0.25, 0.3) is 0 Å². The number of aromatic nitrogens is 2. The molecule has 0 aliphatic carbocycles. The lowest BCUT2D eigenvalue weighted by Crippen LogP contribution is -2.11. The molecule has 0 spiro atoms. The Morgan fingerprint density at radius 1 is 1.45 bits per heavy atom. The van der Waals surface area contributed by atoms with E-state index in [1.807, 2.05) is 19.1 Å². The number of hydrogen-bond acceptors (Lipinski definition) is 6. The van der Waals surface area contributed by atoms with Crippen LogP contribution in [0.15, 0.2) is 28.6 Å². The molecule has 7 heteroatoms. The lowest BCUT2D eigenvalue weighted by molar-refractivity contribution is -0.116. The first-order valence-corrected chi connectivity index (χ1v) is 8.02. The van der Waals surface area contributed by atoms with E-state index in [-0.39, 0.29) is 5.91 Å². The van der Waals surface area contributed by atoms with Crippen LogP contribution in [0.5, 0.6) is 0 Å². The molecule has 1 heterocycles. The molecule has 3 N–H and O–H groups in total. The summed E-state index contributed by atoms with van der Waals surface area (Å²) in [7, 11) is 0. The topological polar surface area (TPSA) is 80.9 Å². The number of carbonyl (C=O) groups excluding carboxylic acids is 1. The van der Waals surface area contributed by atoms with Crippen molar-refractivity contribution in [3.8, 4) is 0 Å². The normalized spacial score (nSPS) is 10.4. The Kier molecular flexibility index (Phi) is 5.37. The highest BCUT2D eigenvalue weighted by Gasteiger charge is 2.04. The van der Waals surface area contributed by atoms with Crippen molar-refractivity contribution in [2.45, 2.75) is 24.1 Å². The van der Waals surface area contributed by atoms with Crippen LogP contribution >= 0.6 is 23.1 Å². The lowest BCUT2D eigenvalue weighted by Gasteiger charge is -2.05. The van der Waals surface area contributed by atoms with Gasteiger partial charge in [-0.15, -0.1) is 10.2 Å². The second-order valence-corrected chi connectivity index (χ2v) is 6.74. The van der Waals surface area contributed by atoms with Crippen molar-refractivity contribution in [2.24, 2.45) is 0 Å². The van der Waals surface area contributed by atoms with Gasteiger partial charge >= 0.3 is 0 Å². The molecular weight excluding hydrogens is 292 g/mol. The van der Waals surface area contributed by atoms with Crippen LogP contribution in [0.4, 0.5) is 11.4 Å². The summed E-state index contributed by atoms with van der Waals surface area (Å²) in [6.45, 7) is 1.93. The maximum Gasteiger partial charge on any atom is 0.224 e. The second-order valence-electron chi connectivity index (χ2n) is 4.21. The van der Waals surface area contributed by atoms with E-state index < -0.39 is 0 Å². The number of amides is 1. The fourth-order valence-electron chi connectivity index (χ4n) is 1.57.